The Hall–Kier alpha value is -4.46. The minimum atomic E-state index is -0.907. The van der Waals surface area contributed by atoms with Crippen LogP contribution in [0.4, 0.5) is 5.69 Å². The number of hydrazone groups is 1. The number of amides is 2. The van der Waals surface area contributed by atoms with Crippen molar-refractivity contribution in [1.82, 2.24) is 5.43 Å². The van der Waals surface area contributed by atoms with Crippen LogP contribution in [0.3, 0.4) is 0 Å². The van der Waals surface area contributed by atoms with Gasteiger partial charge in [-0.25, -0.2) is 10.2 Å². The minimum absolute atomic E-state index is 0.244. The van der Waals surface area contributed by atoms with E-state index in [1.54, 1.807) is 49.4 Å². The van der Waals surface area contributed by atoms with Gasteiger partial charge in [0.15, 0.2) is 11.5 Å². The summed E-state index contributed by atoms with van der Waals surface area (Å²) in [5.74, 6) is -1.68. The Bertz CT molecular complexity index is 1250. The number of esters is 1. The minimum Gasteiger partial charge on any atom is -0.493 e. The predicted molar refractivity (Wildman–Crippen MR) is 129 cm³/mol. The van der Waals surface area contributed by atoms with Crippen LogP contribution in [0.5, 0.6) is 11.5 Å². The molecule has 2 N–H and O–H groups in total. The highest BCUT2D eigenvalue weighted by atomic mass is 16.6. The molecule has 0 saturated carbocycles. The van der Waals surface area contributed by atoms with Crippen LogP contribution in [-0.4, -0.2) is 30.6 Å². The first kappa shape index (κ1) is 24.2. The van der Waals surface area contributed by atoms with Crippen molar-refractivity contribution in [3.63, 3.8) is 0 Å². The van der Waals surface area contributed by atoms with Gasteiger partial charge in [-0.1, -0.05) is 35.9 Å². The first-order chi connectivity index (χ1) is 16.3. The number of aryl methyl sites for hydroxylation is 2. The molecule has 34 heavy (non-hydrogen) atoms. The molecule has 0 aliphatic carbocycles. The van der Waals surface area contributed by atoms with Gasteiger partial charge in [-0.15, -0.1) is 0 Å². The fourth-order valence-electron chi connectivity index (χ4n) is 3.01. The Labute approximate surface area is 197 Å². The zero-order valence-corrected chi connectivity index (χ0v) is 19.3. The third kappa shape index (κ3) is 6.07. The van der Waals surface area contributed by atoms with Gasteiger partial charge in [-0.3, -0.25) is 9.59 Å². The summed E-state index contributed by atoms with van der Waals surface area (Å²) in [6.45, 7) is 5.41. The molecule has 0 heterocycles. The van der Waals surface area contributed by atoms with E-state index in [1.165, 1.54) is 7.11 Å². The molecule has 174 valence electrons. The number of ether oxygens (including phenoxy) is 2. The monoisotopic (exact) mass is 459 g/mol. The van der Waals surface area contributed by atoms with Crippen molar-refractivity contribution >= 4 is 29.2 Å². The normalized spacial score (nSPS) is 10.9. The van der Waals surface area contributed by atoms with Crippen LogP contribution in [0, 0.1) is 13.8 Å². The van der Waals surface area contributed by atoms with Gasteiger partial charge in [0.2, 0.25) is 0 Å². The molecule has 3 aromatic rings. The van der Waals surface area contributed by atoms with Gasteiger partial charge in [0, 0.05) is 11.3 Å². The maximum Gasteiger partial charge on any atom is 0.343 e. The summed E-state index contributed by atoms with van der Waals surface area (Å²) in [7, 11) is 1.45. The zero-order chi connectivity index (χ0) is 24.7. The highest BCUT2D eigenvalue weighted by Crippen LogP contribution is 2.29. The molecule has 2 amide bonds. The molecule has 3 rings (SSSR count). The topological polar surface area (TPSA) is 106 Å². The maximum atomic E-state index is 12.5. The molecule has 0 aliphatic heterocycles. The first-order valence-corrected chi connectivity index (χ1v) is 10.5. The Balaban J connectivity index is 1.67. The predicted octanol–water partition coefficient (Wildman–Crippen LogP) is 4.01. The number of benzene rings is 3. The van der Waals surface area contributed by atoms with Gasteiger partial charge < -0.3 is 14.8 Å². The molecule has 0 radical (unpaired) electrons. The SMILES string of the molecule is COc1cc(/C(C)=N/NC(=O)C(=O)Nc2ccc(C)cc2)ccc1OC(=O)c1ccccc1C. The fraction of sp³-hybridized carbons (Fsp3) is 0.154. The largest absolute Gasteiger partial charge is 0.493 e. The third-order valence-electron chi connectivity index (χ3n) is 4.99. The van der Waals surface area contributed by atoms with Gasteiger partial charge in [0.25, 0.3) is 0 Å². The van der Waals surface area contributed by atoms with E-state index in [0.717, 1.165) is 11.1 Å². The second-order valence-corrected chi connectivity index (χ2v) is 7.53. The van der Waals surface area contributed by atoms with Crippen LogP contribution >= 0.6 is 0 Å². The average molecular weight is 460 g/mol. The maximum absolute atomic E-state index is 12.5. The summed E-state index contributed by atoms with van der Waals surface area (Å²) in [4.78, 5) is 36.7. The van der Waals surface area contributed by atoms with E-state index >= 15 is 0 Å². The number of carbonyl (C=O) groups is 3. The molecule has 0 spiro atoms. The van der Waals surface area contributed by atoms with Crippen molar-refractivity contribution in [2.45, 2.75) is 20.8 Å². The van der Waals surface area contributed by atoms with E-state index in [-0.39, 0.29) is 5.75 Å². The van der Waals surface area contributed by atoms with Crippen LogP contribution < -0.4 is 20.2 Å². The third-order valence-corrected chi connectivity index (χ3v) is 4.99. The molecule has 0 saturated heterocycles. The summed E-state index contributed by atoms with van der Waals surface area (Å²) in [6, 6.07) is 19.0. The molecule has 8 heteroatoms. The Morgan fingerprint density at radius 1 is 0.853 bits per heavy atom. The van der Waals surface area contributed by atoms with Gasteiger partial charge in [0.05, 0.1) is 18.4 Å². The molecule has 0 bridgehead atoms. The lowest BCUT2D eigenvalue weighted by molar-refractivity contribution is -0.136. The van der Waals surface area contributed by atoms with E-state index in [4.69, 9.17) is 9.47 Å². The number of hydrogen-bond donors (Lipinski definition) is 2. The van der Waals surface area contributed by atoms with E-state index in [1.807, 2.05) is 38.1 Å². The van der Waals surface area contributed by atoms with Crippen LogP contribution in [0.15, 0.2) is 71.8 Å². The number of nitrogens with zero attached hydrogens (tertiary/aromatic N) is 1. The Kier molecular flexibility index (Phi) is 7.76. The number of rotatable bonds is 6. The standard InChI is InChI=1S/C26H25N3O5/c1-16-9-12-20(13-10-16)27-24(30)25(31)29-28-18(3)19-11-14-22(23(15-19)33-4)34-26(32)21-8-6-5-7-17(21)2/h5-15H,1-4H3,(H,27,30)(H,29,31)/b28-18+. The molecule has 0 atom stereocenters. The summed E-state index contributed by atoms with van der Waals surface area (Å²) in [6.07, 6.45) is 0. The lowest BCUT2D eigenvalue weighted by atomic mass is 10.1. The molecule has 8 nitrogen and oxygen atoms in total. The second-order valence-electron chi connectivity index (χ2n) is 7.53. The van der Waals surface area contributed by atoms with Crippen molar-refractivity contribution in [2.75, 3.05) is 12.4 Å². The number of hydrogen-bond acceptors (Lipinski definition) is 6. The zero-order valence-electron chi connectivity index (χ0n) is 19.3. The van der Waals surface area contributed by atoms with Crippen molar-refractivity contribution < 1.29 is 23.9 Å². The van der Waals surface area contributed by atoms with Crippen LogP contribution in [-0.2, 0) is 9.59 Å². The molecule has 0 fully saturated rings. The van der Waals surface area contributed by atoms with Gasteiger partial charge >= 0.3 is 17.8 Å². The summed E-state index contributed by atoms with van der Waals surface area (Å²) < 4.78 is 10.9. The average Bonchev–Trinajstić information content (AvgIpc) is 2.84. The van der Waals surface area contributed by atoms with E-state index in [0.29, 0.717) is 28.3 Å². The lowest BCUT2D eigenvalue weighted by Crippen LogP contribution is -2.32. The number of methoxy groups -OCH3 is 1. The highest BCUT2D eigenvalue weighted by molar-refractivity contribution is 6.39. The number of nitrogens with one attached hydrogen (secondary N) is 2. The summed E-state index contributed by atoms with van der Waals surface area (Å²) in [5.41, 5.74) is 6.06. The van der Waals surface area contributed by atoms with Crippen molar-refractivity contribution in [2.24, 2.45) is 5.10 Å². The molecule has 0 aromatic heterocycles. The molecule has 0 aliphatic rings. The van der Waals surface area contributed by atoms with Crippen molar-refractivity contribution in [3.8, 4) is 11.5 Å². The van der Waals surface area contributed by atoms with Crippen LogP contribution in [0.2, 0.25) is 0 Å². The number of anilines is 1. The Morgan fingerprint density at radius 2 is 1.56 bits per heavy atom. The quantitative estimate of drug-likeness (QED) is 0.190. The summed E-state index contributed by atoms with van der Waals surface area (Å²) in [5, 5.41) is 6.49. The molecule has 0 unspecified atom stereocenters. The molecule has 3 aromatic carbocycles. The smallest absolute Gasteiger partial charge is 0.343 e. The van der Waals surface area contributed by atoms with Crippen molar-refractivity contribution in [1.29, 1.82) is 0 Å². The van der Waals surface area contributed by atoms with Crippen LogP contribution in [0.25, 0.3) is 0 Å². The number of carbonyl (C=O) groups excluding carboxylic acids is 3. The highest BCUT2D eigenvalue weighted by Gasteiger charge is 2.16. The van der Waals surface area contributed by atoms with E-state index in [2.05, 4.69) is 15.8 Å². The van der Waals surface area contributed by atoms with Gasteiger partial charge in [-0.05, 0) is 62.7 Å². The fourth-order valence-corrected chi connectivity index (χ4v) is 3.01. The lowest BCUT2D eigenvalue weighted by Gasteiger charge is -2.12. The molecular weight excluding hydrogens is 434 g/mol. The van der Waals surface area contributed by atoms with E-state index in [9.17, 15) is 14.4 Å². The van der Waals surface area contributed by atoms with Crippen LogP contribution in [0.1, 0.15) is 34.0 Å². The molecular formula is C26H25N3O5. The first-order valence-electron chi connectivity index (χ1n) is 10.5. The Morgan fingerprint density at radius 3 is 2.24 bits per heavy atom. The van der Waals surface area contributed by atoms with Gasteiger partial charge in [0.1, 0.15) is 0 Å². The van der Waals surface area contributed by atoms with Gasteiger partial charge in [-0.2, -0.15) is 5.10 Å². The summed E-state index contributed by atoms with van der Waals surface area (Å²) >= 11 is 0. The van der Waals surface area contributed by atoms with Crippen molar-refractivity contribution in [3.05, 3.63) is 89.0 Å². The second kappa shape index (κ2) is 10.9. The van der Waals surface area contributed by atoms with E-state index < -0.39 is 17.8 Å².